The van der Waals surface area contributed by atoms with Crippen LogP contribution in [0.2, 0.25) is 0 Å². The summed E-state index contributed by atoms with van der Waals surface area (Å²) < 4.78 is 6.61. The number of ether oxygens (including phenoxy) is 1. The Labute approximate surface area is 181 Å². The Hall–Kier alpha value is -2.34. The lowest BCUT2D eigenvalue weighted by Crippen LogP contribution is -2.50. The molecule has 1 atom stereocenters. The Balaban J connectivity index is 2.14. The van der Waals surface area contributed by atoms with E-state index in [9.17, 15) is 9.59 Å². The maximum absolute atomic E-state index is 13.0. The standard InChI is InChI=1S/C23H29BrN2O3/c1-4-21(23(28)25-14-17(2)3)26(15-18-8-6-5-7-9-18)22(27)16-29-20-12-10-19(24)11-13-20/h5-13,17,21H,4,14-16H2,1-3H3,(H,25,28). The van der Waals surface area contributed by atoms with Crippen molar-refractivity contribution in [2.75, 3.05) is 13.2 Å². The lowest BCUT2D eigenvalue weighted by atomic mass is 10.1. The smallest absolute Gasteiger partial charge is 0.261 e. The number of nitrogens with one attached hydrogen (secondary N) is 1. The van der Waals surface area contributed by atoms with E-state index in [1.165, 1.54) is 0 Å². The van der Waals surface area contributed by atoms with Crippen molar-refractivity contribution >= 4 is 27.7 Å². The predicted molar refractivity (Wildman–Crippen MR) is 119 cm³/mol. The van der Waals surface area contributed by atoms with Crippen LogP contribution < -0.4 is 10.1 Å². The minimum absolute atomic E-state index is 0.123. The molecule has 0 aliphatic carbocycles. The first kappa shape index (κ1) is 22.9. The fourth-order valence-electron chi connectivity index (χ4n) is 2.88. The molecule has 0 radical (unpaired) electrons. The second kappa shape index (κ2) is 11.6. The van der Waals surface area contributed by atoms with Gasteiger partial charge in [-0.05, 0) is 42.2 Å². The van der Waals surface area contributed by atoms with Crippen molar-refractivity contribution in [2.24, 2.45) is 5.92 Å². The van der Waals surface area contributed by atoms with Crippen molar-refractivity contribution in [3.05, 3.63) is 64.6 Å². The van der Waals surface area contributed by atoms with E-state index in [0.29, 0.717) is 31.2 Å². The van der Waals surface area contributed by atoms with E-state index in [1.807, 2.05) is 63.2 Å². The van der Waals surface area contributed by atoms with Gasteiger partial charge < -0.3 is 15.0 Å². The SMILES string of the molecule is CCC(C(=O)NCC(C)C)N(Cc1ccccc1)C(=O)COc1ccc(Br)cc1. The monoisotopic (exact) mass is 460 g/mol. The Morgan fingerprint density at radius 2 is 1.72 bits per heavy atom. The number of rotatable bonds is 10. The summed E-state index contributed by atoms with van der Waals surface area (Å²) in [4.78, 5) is 27.4. The molecule has 156 valence electrons. The molecule has 0 spiro atoms. The molecule has 2 aromatic carbocycles. The van der Waals surface area contributed by atoms with E-state index in [0.717, 1.165) is 10.0 Å². The maximum Gasteiger partial charge on any atom is 0.261 e. The molecule has 0 fully saturated rings. The summed E-state index contributed by atoms with van der Waals surface area (Å²) in [5, 5.41) is 2.96. The predicted octanol–water partition coefficient (Wildman–Crippen LogP) is 4.41. The van der Waals surface area contributed by atoms with Crippen LogP contribution in [0.4, 0.5) is 0 Å². The van der Waals surface area contributed by atoms with E-state index in [2.05, 4.69) is 21.2 Å². The van der Waals surface area contributed by atoms with Gasteiger partial charge in [-0.1, -0.05) is 67.0 Å². The minimum atomic E-state index is -0.546. The zero-order chi connectivity index (χ0) is 21.2. The maximum atomic E-state index is 13.0. The number of benzene rings is 2. The highest BCUT2D eigenvalue weighted by atomic mass is 79.9. The zero-order valence-corrected chi connectivity index (χ0v) is 18.8. The van der Waals surface area contributed by atoms with Gasteiger partial charge in [-0.3, -0.25) is 9.59 Å². The van der Waals surface area contributed by atoms with Gasteiger partial charge in [-0.25, -0.2) is 0 Å². The fraction of sp³-hybridized carbons (Fsp3) is 0.391. The summed E-state index contributed by atoms with van der Waals surface area (Å²) in [6, 6.07) is 16.5. The van der Waals surface area contributed by atoms with Gasteiger partial charge in [0.1, 0.15) is 11.8 Å². The largest absolute Gasteiger partial charge is 0.484 e. The van der Waals surface area contributed by atoms with Gasteiger partial charge in [-0.15, -0.1) is 0 Å². The van der Waals surface area contributed by atoms with E-state index in [4.69, 9.17) is 4.74 Å². The average Bonchev–Trinajstić information content (AvgIpc) is 2.72. The molecule has 0 bridgehead atoms. The molecular formula is C23H29BrN2O3. The van der Waals surface area contributed by atoms with Gasteiger partial charge in [0.2, 0.25) is 5.91 Å². The molecule has 0 heterocycles. The third-order valence-electron chi connectivity index (χ3n) is 4.44. The number of halogens is 1. The van der Waals surface area contributed by atoms with E-state index in [1.54, 1.807) is 17.0 Å². The Morgan fingerprint density at radius 3 is 2.31 bits per heavy atom. The van der Waals surface area contributed by atoms with Gasteiger partial charge in [-0.2, -0.15) is 0 Å². The lowest BCUT2D eigenvalue weighted by molar-refractivity contribution is -0.143. The van der Waals surface area contributed by atoms with Crippen molar-refractivity contribution in [3.8, 4) is 5.75 Å². The molecule has 0 aliphatic heterocycles. The van der Waals surface area contributed by atoms with Crippen LogP contribution in [0.5, 0.6) is 5.75 Å². The second-order valence-electron chi connectivity index (χ2n) is 7.31. The Bertz CT molecular complexity index is 778. The van der Waals surface area contributed by atoms with Crippen molar-refractivity contribution in [1.29, 1.82) is 0 Å². The third kappa shape index (κ3) is 7.54. The zero-order valence-electron chi connectivity index (χ0n) is 17.2. The van der Waals surface area contributed by atoms with E-state index in [-0.39, 0.29) is 18.4 Å². The summed E-state index contributed by atoms with van der Waals surface area (Å²) in [5.74, 6) is 0.603. The summed E-state index contributed by atoms with van der Waals surface area (Å²) in [7, 11) is 0. The van der Waals surface area contributed by atoms with E-state index < -0.39 is 6.04 Å². The molecule has 0 saturated carbocycles. The van der Waals surface area contributed by atoms with Gasteiger partial charge in [0.25, 0.3) is 5.91 Å². The highest BCUT2D eigenvalue weighted by Gasteiger charge is 2.28. The van der Waals surface area contributed by atoms with Gasteiger partial charge in [0.15, 0.2) is 6.61 Å². The first-order valence-corrected chi connectivity index (χ1v) is 10.7. The number of carbonyl (C=O) groups excluding carboxylic acids is 2. The third-order valence-corrected chi connectivity index (χ3v) is 4.97. The molecule has 1 N–H and O–H groups in total. The topological polar surface area (TPSA) is 58.6 Å². The quantitative estimate of drug-likeness (QED) is 0.571. The van der Waals surface area contributed by atoms with Crippen molar-refractivity contribution in [2.45, 2.75) is 39.8 Å². The van der Waals surface area contributed by atoms with Gasteiger partial charge in [0.05, 0.1) is 0 Å². The van der Waals surface area contributed by atoms with Crippen molar-refractivity contribution in [3.63, 3.8) is 0 Å². The van der Waals surface area contributed by atoms with Crippen LogP contribution in [0, 0.1) is 5.92 Å². The summed E-state index contributed by atoms with van der Waals surface area (Å²) in [6.45, 7) is 6.82. The minimum Gasteiger partial charge on any atom is -0.484 e. The molecule has 2 rings (SSSR count). The molecule has 29 heavy (non-hydrogen) atoms. The van der Waals surface area contributed by atoms with E-state index >= 15 is 0 Å². The molecule has 6 heteroatoms. The molecule has 1 unspecified atom stereocenters. The molecule has 0 saturated heterocycles. The molecule has 5 nitrogen and oxygen atoms in total. The van der Waals surface area contributed by atoms with Crippen LogP contribution in [0.3, 0.4) is 0 Å². The Morgan fingerprint density at radius 1 is 1.07 bits per heavy atom. The van der Waals surface area contributed by atoms with Crippen LogP contribution in [0.15, 0.2) is 59.1 Å². The Kier molecular flexibility index (Phi) is 9.19. The number of hydrogen-bond acceptors (Lipinski definition) is 3. The van der Waals surface area contributed by atoms with Crippen LogP contribution in [0.1, 0.15) is 32.8 Å². The first-order valence-electron chi connectivity index (χ1n) is 9.90. The lowest BCUT2D eigenvalue weighted by Gasteiger charge is -2.30. The summed E-state index contributed by atoms with van der Waals surface area (Å²) in [5.41, 5.74) is 0.972. The van der Waals surface area contributed by atoms with Crippen molar-refractivity contribution in [1.82, 2.24) is 10.2 Å². The van der Waals surface area contributed by atoms with Gasteiger partial charge in [0, 0.05) is 17.6 Å². The molecule has 0 aromatic heterocycles. The second-order valence-corrected chi connectivity index (χ2v) is 8.23. The highest BCUT2D eigenvalue weighted by molar-refractivity contribution is 9.10. The van der Waals surface area contributed by atoms with Crippen LogP contribution in [-0.2, 0) is 16.1 Å². The normalized spacial score (nSPS) is 11.8. The number of carbonyl (C=O) groups is 2. The first-order chi connectivity index (χ1) is 13.9. The van der Waals surface area contributed by atoms with Gasteiger partial charge >= 0.3 is 0 Å². The molecule has 2 aromatic rings. The van der Waals surface area contributed by atoms with Crippen LogP contribution in [0.25, 0.3) is 0 Å². The molecule has 2 amide bonds. The van der Waals surface area contributed by atoms with Crippen LogP contribution in [-0.4, -0.2) is 35.9 Å². The number of nitrogens with zero attached hydrogens (tertiary/aromatic N) is 1. The summed E-state index contributed by atoms with van der Waals surface area (Å²) in [6.07, 6.45) is 0.529. The van der Waals surface area contributed by atoms with Crippen molar-refractivity contribution < 1.29 is 14.3 Å². The number of amides is 2. The summed E-state index contributed by atoms with van der Waals surface area (Å²) >= 11 is 3.38. The molecule has 0 aliphatic rings. The number of hydrogen-bond donors (Lipinski definition) is 1. The molecular weight excluding hydrogens is 432 g/mol. The van der Waals surface area contributed by atoms with Crippen LogP contribution >= 0.6 is 15.9 Å². The highest BCUT2D eigenvalue weighted by Crippen LogP contribution is 2.17. The average molecular weight is 461 g/mol. The fourth-order valence-corrected chi connectivity index (χ4v) is 3.15.